The SMILES string of the molecule is CCCN(CC(=O)Nc1ccc(F)c(F)c1F)C(=O)c1ccc(OCC)cc1. The Bertz CT molecular complexity index is 841. The summed E-state index contributed by atoms with van der Waals surface area (Å²) in [6, 6.07) is 8.11. The third kappa shape index (κ3) is 5.25. The summed E-state index contributed by atoms with van der Waals surface area (Å²) < 4.78 is 45.3. The standard InChI is InChI=1S/C20H21F3N2O3/c1-3-11-25(20(27)13-5-7-14(8-6-13)28-4-2)12-17(26)24-16-10-9-15(21)18(22)19(16)23/h5-10H,3-4,11-12H2,1-2H3,(H,24,26). The van der Waals surface area contributed by atoms with Crippen molar-refractivity contribution in [1.29, 1.82) is 0 Å². The number of benzene rings is 2. The highest BCUT2D eigenvalue weighted by Gasteiger charge is 2.20. The second-order valence-electron chi connectivity index (χ2n) is 5.96. The third-order valence-corrected chi connectivity index (χ3v) is 3.84. The molecule has 8 heteroatoms. The monoisotopic (exact) mass is 394 g/mol. The Kier molecular flexibility index (Phi) is 7.43. The van der Waals surface area contributed by atoms with E-state index in [9.17, 15) is 22.8 Å². The molecule has 2 rings (SSSR count). The van der Waals surface area contributed by atoms with Crippen molar-refractivity contribution in [1.82, 2.24) is 4.90 Å². The number of nitrogens with one attached hydrogen (secondary N) is 1. The third-order valence-electron chi connectivity index (χ3n) is 3.84. The number of carbonyl (C=O) groups excluding carboxylic acids is 2. The summed E-state index contributed by atoms with van der Waals surface area (Å²) >= 11 is 0. The van der Waals surface area contributed by atoms with Crippen molar-refractivity contribution in [3.05, 3.63) is 59.4 Å². The molecule has 0 aliphatic rings. The Morgan fingerprint density at radius 1 is 1.00 bits per heavy atom. The number of ether oxygens (including phenoxy) is 1. The Morgan fingerprint density at radius 3 is 2.29 bits per heavy atom. The maximum Gasteiger partial charge on any atom is 0.254 e. The van der Waals surface area contributed by atoms with Crippen molar-refractivity contribution in [2.75, 3.05) is 25.0 Å². The van der Waals surface area contributed by atoms with Gasteiger partial charge >= 0.3 is 0 Å². The molecule has 0 spiro atoms. The molecule has 0 aromatic heterocycles. The van der Waals surface area contributed by atoms with Crippen LogP contribution in [0.25, 0.3) is 0 Å². The van der Waals surface area contributed by atoms with Crippen LogP contribution >= 0.6 is 0 Å². The van der Waals surface area contributed by atoms with Crippen LogP contribution in [0.4, 0.5) is 18.9 Å². The van der Waals surface area contributed by atoms with Crippen LogP contribution in [0.3, 0.4) is 0 Å². The number of hydrogen-bond donors (Lipinski definition) is 1. The van der Waals surface area contributed by atoms with Crippen molar-refractivity contribution in [2.45, 2.75) is 20.3 Å². The van der Waals surface area contributed by atoms with Gasteiger partial charge in [0.25, 0.3) is 5.91 Å². The summed E-state index contributed by atoms with van der Waals surface area (Å²) in [4.78, 5) is 26.2. The zero-order valence-corrected chi connectivity index (χ0v) is 15.6. The number of hydrogen-bond acceptors (Lipinski definition) is 3. The molecule has 5 nitrogen and oxygen atoms in total. The Hall–Kier alpha value is -3.03. The van der Waals surface area contributed by atoms with Gasteiger partial charge < -0.3 is 15.0 Å². The molecule has 0 unspecified atom stereocenters. The number of rotatable bonds is 8. The van der Waals surface area contributed by atoms with E-state index >= 15 is 0 Å². The van der Waals surface area contributed by atoms with Gasteiger partial charge in [-0.15, -0.1) is 0 Å². The van der Waals surface area contributed by atoms with Crippen LogP contribution in [0.1, 0.15) is 30.6 Å². The van der Waals surface area contributed by atoms with Crippen LogP contribution in [0, 0.1) is 17.5 Å². The second kappa shape index (κ2) is 9.77. The molecule has 0 bridgehead atoms. The molecular formula is C20H21F3N2O3. The molecule has 0 saturated heterocycles. The molecule has 28 heavy (non-hydrogen) atoms. The fourth-order valence-electron chi connectivity index (χ4n) is 2.55. The van der Waals surface area contributed by atoms with E-state index in [1.165, 1.54) is 4.90 Å². The lowest BCUT2D eigenvalue weighted by Crippen LogP contribution is -2.38. The first kappa shape index (κ1) is 21.3. The van der Waals surface area contributed by atoms with Crippen molar-refractivity contribution in [3.8, 4) is 5.75 Å². The highest BCUT2D eigenvalue weighted by atomic mass is 19.2. The van der Waals surface area contributed by atoms with Gasteiger partial charge in [-0.25, -0.2) is 13.2 Å². The number of nitrogens with zero attached hydrogens (tertiary/aromatic N) is 1. The zero-order chi connectivity index (χ0) is 20.7. The fourth-order valence-corrected chi connectivity index (χ4v) is 2.55. The van der Waals surface area contributed by atoms with E-state index in [1.54, 1.807) is 24.3 Å². The van der Waals surface area contributed by atoms with E-state index in [0.717, 1.165) is 6.07 Å². The molecule has 2 aromatic rings. The van der Waals surface area contributed by atoms with Gasteiger partial charge in [-0.2, -0.15) is 0 Å². The highest BCUT2D eigenvalue weighted by molar-refractivity contribution is 5.99. The number of anilines is 1. The van der Waals surface area contributed by atoms with Crippen LogP contribution in [0.5, 0.6) is 5.75 Å². The van der Waals surface area contributed by atoms with Crippen molar-refractivity contribution >= 4 is 17.5 Å². The second-order valence-corrected chi connectivity index (χ2v) is 5.96. The van der Waals surface area contributed by atoms with Crippen LogP contribution in [-0.2, 0) is 4.79 Å². The first-order chi connectivity index (χ1) is 13.4. The number of carbonyl (C=O) groups is 2. The van der Waals surface area contributed by atoms with E-state index in [-0.39, 0.29) is 12.5 Å². The van der Waals surface area contributed by atoms with Crippen LogP contribution in [0.2, 0.25) is 0 Å². The van der Waals surface area contributed by atoms with Gasteiger partial charge in [0.15, 0.2) is 17.5 Å². The molecule has 1 N–H and O–H groups in total. The van der Waals surface area contributed by atoms with Crippen molar-refractivity contribution < 1.29 is 27.5 Å². The zero-order valence-electron chi connectivity index (χ0n) is 15.6. The minimum Gasteiger partial charge on any atom is -0.494 e. The van der Waals surface area contributed by atoms with Crippen LogP contribution in [-0.4, -0.2) is 36.4 Å². The summed E-state index contributed by atoms with van der Waals surface area (Å²) in [5, 5.41) is 2.16. The van der Waals surface area contributed by atoms with Crippen LogP contribution < -0.4 is 10.1 Å². The molecule has 0 radical (unpaired) electrons. The first-order valence-electron chi connectivity index (χ1n) is 8.82. The summed E-state index contributed by atoms with van der Waals surface area (Å²) in [5.74, 6) is -5.01. The average molecular weight is 394 g/mol. The molecule has 0 fully saturated rings. The maximum absolute atomic E-state index is 13.7. The maximum atomic E-state index is 13.7. The molecule has 2 aromatic carbocycles. The average Bonchev–Trinajstić information content (AvgIpc) is 2.68. The summed E-state index contributed by atoms with van der Waals surface area (Å²) in [5.41, 5.74) is -0.127. The minimum absolute atomic E-state index is 0.291. The lowest BCUT2D eigenvalue weighted by atomic mass is 10.2. The summed E-state index contributed by atoms with van der Waals surface area (Å²) in [6.07, 6.45) is 0.593. The fraction of sp³-hybridized carbons (Fsp3) is 0.300. The molecule has 150 valence electrons. The molecular weight excluding hydrogens is 373 g/mol. The highest BCUT2D eigenvalue weighted by Crippen LogP contribution is 2.20. The largest absolute Gasteiger partial charge is 0.494 e. The van der Waals surface area contributed by atoms with Gasteiger partial charge in [0.05, 0.1) is 12.3 Å². The Balaban J connectivity index is 2.10. The smallest absolute Gasteiger partial charge is 0.254 e. The van der Waals surface area contributed by atoms with E-state index < -0.39 is 29.0 Å². The van der Waals surface area contributed by atoms with E-state index in [0.29, 0.717) is 37.0 Å². The minimum atomic E-state index is -1.67. The summed E-state index contributed by atoms with van der Waals surface area (Å²) in [7, 11) is 0. The van der Waals surface area contributed by atoms with Gasteiger partial charge in [-0.3, -0.25) is 9.59 Å². The number of halogens is 3. The van der Waals surface area contributed by atoms with Gasteiger partial charge in [0.2, 0.25) is 5.91 Å². The van der Waals surface area contributed by atoms with Crippen molar-refractivity contribution in [2.24, 2.45) is 0 Å². The predicted molar refractivity (Wildman–Crippen MR) is 98.8 cm³/mol. The molecule has 0 heterocycles. The summed E-state index contributed by atoms with van der Waals surface area (Å²) in [6.45, 7) is 4.11. The predicted octanol–water partition coefficient (Wildman–Crippen LogP) is 3.99. The normalized spacial score (nSPS) is 10.5. The lowest BCUT2D eigenvalue weighted by Gasteiger charge is -2.22. The Morgan fingerprint density at radius 2 is 1.68 bits per heavy atom. The quantitative estimate of drug-likeness (QED) is 0.689. The van der Waals surface area contributed by atoms with Gasteiger partial charge in [0, 0.05) is 12.1 Å². The molecule has 0 aliphatic heterocycles. The van der Waals surface area contributed by atoms with Gasteiger partial charge in [-0.1, -0.05) is 6.92 Å². The van der Waals surface area contributed by atoms with E-state index in [1.807, 2.05) is 13.8 Å². The van der Waals surface area contributed by atoms with Crippen LogP contribution in [0.15, 0.2) is 36.4 Å². The van der Waals surface area contributed by atoms with Crippen molar-refractivity contribution in [3.63, 3.8) is 0 Å². The Labute approximate surface area is 161 Å². The first-order valence-corrected chi connectivity index (χ1v) is 8.82. The molecule has 0 aliphatic carbocycles. The lowest BCUT2D eigenvalue weighted by molar-refractivity contribution is -0.116. The number of amides is 2. The molecule has 0 saturated carbocycles. The topological polar surface area (TPSA) is 58.6 Å². The van der Waals surface area contributed by atoms with E-state index in [2.05, 4.69) is 5.32 Å². The molecule has 0 atom stereocenters. The molecule has 2 amide bonds. The van der Waals surface area contributed by atoms with Gasteiger partial charge in [-0.05, 0) is 49.7 Å². The van der Waals surface area contributed by atoms with Gasteiger partial charge in [0.1, 0.15) is 12.3 Å². The van der Waals surface area contributed by atoms with E-state index in [4.69, 9.17) is 4.74 Å².